The van der Waals surface area contributed by atoms with Gasteiger partial charge in [0.25, 0.3) is 6.47 Å². The number of likely N-dealkylation sites (tertiary alicyclic amines) is 1. The average Bonchev–Trinajstić information content (AvgIpc) is 3.23. The van der Waals surface area contributed by atoms with Gasteiger partial charge in [-0.2, -0.15) is 0 Å². The zero-order valence-corrected chi connectivity index (χ0v) is 21.4. The number of nitrogens with zero attached hydrogens (tertiary/aromatic N) is 3. The van der Waals surface area contributed by atoms with Crippen LogP contribution in [0.1, 0.15) is 56.9 Å². The van der Waals surface area contributed by atoms with Crippen molar-refractivity contribution in [1.82, 2.24) is 10.2 Å². The smallest absolute Gasteiger partial charge is 0.303 e. The van der Waals surface area contributed by atoms with E-state index in [1.54, 1.807) is 0 Å². The second-order valence-corrected chi connectivity index (χ2v) is 10.8. The molecule has 37 heavy (non-hydrogen) atoms. The number of amides is 2. The molecule has 0 saturated carbocycles. The molecule has 3 N–H and O–H groups in total. The molecule has 4 aliphatic heterocycles. The first-order valence-corrected chi connectivity index (χ1v) is 13.3. The highest BCUT2D eigenvalue weighted by Gasteiger charge is 2.52. The third-order valence-electron chi connectivity index (χ3n) is 8.00. The van der Waals surface area contributed by atoms with E-state index in [-0.39, 0.29) is 24.3 Å². The quantitative estimate of drug-likeness (QED) is 0.244. The molecule has 1 aromatic rings. The predicted octanol–water partition coefficient (Wildman–Crippen LogP) is 2.10. The first-order valence-electron chi connectivity index (χ1n) is 13.3. The second-order valence-electron chi connectivity index (χ2n) is 10.8. The van der Waals surface area contributed by atoms with Crippen LogP contribution in [0.5, 0.6) is 0 Å². The van der Waals surface area contributed by atoms with Gasteiger partial charge in [-0.05, 0) is 44.4 Å². The number of carboxylic acid groups (broad SMARTS) is 2. The molecule has 0 radical (unpaired) electrons. The Labute approximate surface area is 217 Å². The van der Waals surface area contributed by atoms with Crippen molar-refractivity contribution in [1.29, 1.82) is 0 Å². The lowest BCUT2D eigenvalue weighted by Crippen LogP contribution is -2.72. The molecule has 1 atom stereocenters. The van der Waals surface area contributed by atoms with Crippen molar-refractivity contribution < 1.29 is 29.4 Å². The number of piperidine rings is 1. The van der Waals surface area contributed by atoms with Crippen LogP contribution in [-0.4, -0.2) is 84.7 Å². The van der Waals surface area contributed by atoms with Crippen LogP contribution < -0.4 is 15.1 Å². The van der Waals surface area contributed by atoms with Gasteiger partial charge in [-0.3, -0.25) is 24.5 Å². The van der Waals surface area contributed by atoms with Crippen molar-refractivity contribution in [3.05, 3.63) is 23.8 Å². The van der Waals surface area contributed by atoms with Gasteiger partial charge in [-0.1, -0.05) is 25.3 Å². The maximum atomic E-state index is 12.4. The fourth-order valence-corrected chi connectivity index (χ4v) is 6.38. The SMILES string of the molecule is O=C(O)CCCCCCCN1CC2(C1)CN(c1cccc3c1CCN3C1CCC(=O)NC1=O)C2.O=CO. The Hall–Kier alpha value is -3.14. The Bertz CT molecular complexity index is 1000. The summed E-state index contributed by atoms with van der Waals surface area (Å²) in [5.41, 5.74) is 4.26. The van der Waals surface area contributed by atoms with Crippen LogP contribution in [0.4, 0.5) is 11.4 Å². The van der Waals surface area contributed by atoms with Gasteiger partial charge < -0.3 is 24.9 Å². The fraction of sp³-hybridized carbons (Fsp3) is 0.630. The van der Waals surface area contributed by atoms with Gasteiger partial charge in [0.2, 0.25) is 11.8 Å². The van der Waals surface area contributed by atoms with E-state index in [4.69, 9.17) is 15.0 Å². The number of anilines is 2. The fourth-order valence-electron chi connectivity index (χ4n) is 6.38. The molecule has 1 unspecified atom stereocenters. The minimum absolute atomic E-state index is 0.160. The molecule has 0 aromatic heterocycles. The zero-order valence-electron chi connectivity index (χ0n) is 21.4. The number of unbranched alkanes of at least 4 members (excludes halogenated alkanes) is 4. The van der Waals surface area contributed by atoms with Gasteiger partial charge in [0, 0.05) is 67.9 Å². The summed E-state index contributed by atoms with van der Waals surface area (Å²) < 4.78 is 0. The summed E-state index contributed by atoms with van der Waals surface area (Å²) in [5, 5.41) is 18.1. The van der Waals surface area contributed by atoms with Crippen molar-refractivity contribution in [3.8, 4) is 0 Å². The first-order chi connectivity index (χ1) is 17.9. The van der Waals surface area contributed by atoms with Crippen LogP contribution in [0.25, 0.3) is 0 Å². The number of hydrogen-bond donors (Lipinski definition) is 3. The molecule has 1 spiro atoms. The topological polar surface area (TPSA) is 130 Å². The third kappa shape index (κ3) is 6.23. The normalized spacial score (nSPS) is 21.9. The lowest BCUT2D eigenvalue weighted by molar-refractivity contribution is -0.137. The van der Waals surface area contributed by atoms with Crippen LogP contribution in [0, 0.1) is 5.41 Å². The second kappa shape index (κ2) is 11.9. The van der Waals surface area contributed by atoms with Crippen molar-refractivity contribution in [2.24, 2.45) is 5.41 Å². The molecule has 10 nitrogen and oxygen atoms in total. The van der Waals surface area contributed by atoms with Crippen LogP contribution in [0.2, 0.25) is 0 Å². The van der Waals surface area contributed by atoms with Gasteiger partial charge in [0.15, 0.2) is 0 Å². The number of carbonyl (C=O) groups excluding carboxylic acids is 2. The number of aliphatic carboxylic acids is 1. The standard InChI is InChI=1S/C26H36N4O4.CH2O2/c31-23-11-10-22(25(34)27-23)30-14-12-19-20(7-6-8-21(19)30)29-17-26(18-29)15-28(16-26)13-5-3-1-2-4-9-24(32)33;2-1-3/h6-8,22H,1-5,9-18H2,(H,32,33)(H,27,31,34);1H,(H,2,3). The summed E-state index contributed by atoms with van der Waals surface area (Å²) in [4.78, 5) is 50.1. The number of carbonyl (C=O) groups is 4. The third-order valence-corrected chi connectivity index (χ3v) is 8.00. The van der Waals surface area contributed by atoms with Crippen LogP contribution in [0.15, 0.2) is 18.2 Å². The van der Waals surface area contributed by atoms with Crippen LogP contribution in [-0.2, 0) is 25.6 Å². The van der Waals surface area contributed by atoms with Crippen molar-refractivity contribution in [3.63, 3.8) is 0 Å². The number of imide groups is 1. The van der Waals surface area contributed by atoms with Gasteiger partial charge in [0.05, 0.1) is 0 Å². The number of nitrogens with one attached hydrogen (secondary N) is 1. The average molecular weight is 515 g/mol. The van der Waals surface area contributed by atoms with Crippen molar-refractivity contribution >= 4 is 35.6 Å². The van der Waals surface area contributed by atoms with E-state index in [0.717, 1.165) is 57.5 Å². The minimum atomic E-state index is -0.687. The number of rotatable bonds is 10. The Morgan fingerprint density at radius 1 is 1.03 bits per heavy atom. The van der Waals surface area contributed by atoms with E-state index in [9.17, 15) is 14.4 Å². The predicted molar refractivity (Wildman–Crippen MR) is 139 cm³/mol. The van der Waals surface area contributed by atoms with Crippen molar-refractivity contribution in [2.75, 3.05) is 49.1 Å². The summed E-state index contributed by atoms with van der Waals surface area (Å²) in [6, 6.07) is 6.21. The Morgan fingerprint density at radius 3 is 2.41 bits per heavy atom. The van der Waals surface area contributed by atoms with Gasteiger partial charge in [0.1, 0.15) is 6.04 Å². The molecule has 0 bridgehead atoms. The molecule has 3 fully saturated rings. The minimum Gasteiger partial charge on any atom is -0.483 e. The van der Waals surface area contributed by atoms with E-state index in [2.05, 4.69) is 38.2 Å². The Balaban J connectivity index is 0.00000102. The maximum absolute atomic E-state index is 12.4. The number of hydrogen-bond acceptors (Lipinski definition) is 7. The molecule has 1 aromatic carbocycles. The van der Waals surface area contributed by atoms with E-state index in [1.807, 2.05) is 0 Å². The van der Waals surface area contributed by atoms with Crippen molar-refractivity contribution in [2.45, 2.75) is 63.8 Å². The van der Waals surface area contributed by atoms with Gasteiger partial charge in [-0.25, -0.2) is 0 Å². The summed E-state index contributed by atoms with van der Waals surface area (Å²) in [6.45, 7) is 6.31. The first kappa shape index (κ1) is 26.9. The molecule has 4 aliphatic rings. The Kier molecular flexibility index (Phi) is 8.68. The van der Waals surface area contributed by atoms with E-state index in [1.165, 1.54) is 37.2 Å². The molecule has 5 rings (SSSR count). The lowest BCUT2D eigenvalue weighted by Gasteiger charge is -2.61. The molecule has 4 heterocycles. The van der Waals surface area contributed by atoms with E-state index in [0.29, 0.717) is 24.7 Å². The summed E-state index contributed by atoms with van der Waals surface area (Å²) >= 11 is 0. The van der Waals surface area contributed by atoms with E-state index >= 15 is 0 Å². The largest absolute Gasteiger partial charge is 0.483 e. The molecular weight excluding hydrogens is 476 g/mol. The number of fused-ring (bicyclic) bond motifs is 1. The van der Waals surface area contributed by atoms with Gasteiger partial charge in [-0.15, -0.1) is 0 Å². The molecule has 3 saturated heterocycles. The maximum Gasteiger partial charge on any atom is 0.303 e. The highest BCUT2D eigenvalue weighted by molar-refractivity contribution is 6.02. The van der Waals surface area contributed by atoms with E-state index < -0.39 is 5.97 Å². The summed E-state index contributed by atoms with van der Waals surface area (Å²) in [7, 11) is 0. The molecule has 202 valence electrons. The number of benzene rings is 1. The molecule has 10 heteroatoms. The molecule has 0 aliphatic carbocycles. The van der Waals surface area contributed by atoms with Gasteiger partial charge >= 0.3 is 5.97 Å². The Morgan fingerprint density at radius 2 is 1.70 bits per heavy atom. The molecule has 2 amide bonds. The monoisotopic (exact) mass is 514 g/mol. The highest BCUT2D eigenvalue weighted by atomic mass is 16.4. The lowest BCUT2D eigenvalue weighted by atomic mass is 9.72. The molecular formula is C27H38N4O6. The summed E-state index contributed by atoms with van der Waals surface area (Å²) in [5.74, 6) is -1.01. The van der Waals surface area contributed by atoms with Crippen LogP contribution in [0.3, 0.4) is 0 Å². The number of carboxylic acids is 1. The zero-order chi connectivity index (χ0) is 26.4. The highest BCUT2D eigenvalue weighted by Crippen LogP contribution is 2.45. The summed E-state index contributed by atoms with van der Waals surface area (Å²) in [6.07, 6.45) is 7.60. The van der Waals surface area contributed by atoms with Crippen LogP contribution >= 0.6 is 0 Å².